The first kappa shape index (κ1) is 27.1. The standard InChI is InChI=1S/C26H30N4O7/c1-3-29(23-24(27)30(26(34)28-25(23)33)16-18-8-6-5-7-9-18)21(31)17-37-22(32)14-15-36-20-12-10-19(11-13-20)35-4-2/h5-13H,3-4,14-17,27H2,1-2H3,(H,28,33,34). The molecule has 196 valence electrons. The van der Waals surface area contributed by atoms with Crippen molar-refractivity contribution in [2.24, 2.45) is 0 Å². The number of aromatic amines is 1. The molecule has 0 aliphatic rings. The predicted octanol–water partition coefficient (Wildman–Crippen LogP) is 1.93. The molecule has 0 saturated carbocycles. The summed E-state index contributed by atoms with van der Waals surface area (Å²) in [5.74, 6) is -0.201. The molecule has 1 heterocycles. The molecule has 0 bridgehead atoms. The highest BCUT2D eigenvalue weighted by atomic mass is 16.5. The second-order valence-corrected chi connectivity index (χ2v) is 7.87. The van der Waals surface area contributed by atoms with Crippen LogP contribution in [0.15, 0.2) is 64.2 Å². The largest absolute Gasteiger partial charge is 0.494 e. The number of carbonyl (C=O) groups is 2. The van der Waals surface area contributed by atoms with Crippen LogP contribution in [0.2, 0.25) is 0 Å². The molecule has 0 spiro atoms. The van der Waals surface area contributed by atoms with Gasteiger partial charge < -0.3 is 24.8 Å². The number of H-pyrrole nitrogens is 1. The number of rotatable bonds is 12. The van der Waals surface area contributed by atoms with Crippen LogP contribution < -0.4 is 31.4 Å². The van der Waals surface area contributed by atoms with E-state index in [9.17, 15) is 19.2 Å². The number of hydrogen-bond donors (Lipinski definition) is 2. The molecule has 0 fully saturated rings. The number of nitrogens with one attached hydrogen (secondary N) is 1. The summed E-state index contributed by atoms with van der Waals surface area (Å²) in [6.45, 7) is 3.69. The van der Waals surface area contributed by atoms with Gasteiger partial charge in [-0.15, -0.1) is 0 Å². The Balaban J connectivity index is 1.60. The number of esters is 1. The van der Waals surface area contributed by atoms with Crippen LogP contribution in [0.4, 0.5) is 11.5 Å². The number of hydrogen-bond acceptors (Lipinski definition) is 8. The summed E-state index contributed by atoms with van der Waals surface area (Å²) in [5.41, 5.74) is 5.26. The molecule has 0 aliphatic carbocycles. The molecule has 11 nitrogen and oxygen atoms in total. The molecule has 0 saturated heterocycles. The van der Waals surface area contributed by atoms with Gasteiger partial charge >= 0.3 is 11.7 Å². The van der Waals surface area contributed by atoms with Crippen LogP contribution in [-0.4, -0.2) is 47.8 Å². The van der Waals surface area contributed by atoms with E-state index in [1.54, 1.807) is 43.3 Å². The lowest BCUT2D eigenvalue weighted by Gasteiger charge is -2.23. The minimum Gasteiger partial charge on any atom is -0.494 e. The van der Waals surface area contributed by atoms with E-state index in [2.05, 4.69) is 4.98 Å². The molecule has 1 aromatic heterocycles. The number of likely N-dealkylation sites (N-methyl/N-ethyl adjacent to an activating group) is 1. The zero-order valence-electron chi connectivity index (χ0n) is 20.8. The lowest BCUT2D eigenvalue weighted by atomic mass is 10.2. The molecule has 0 unspecified atom stereocenters. The zero-order valence-corrected chi connectivity index (χ0v) is 20.8. The third-order valence-corrected chi connectivity index (χ3v) is 5.35. The van der Waals surface area contributed by atoms with Gasteiger partial charge in [0.25, 0.3) is 11.5 Å². The summed E-state index contributed by atoms with van der Waals surface area (Å²) < 4.78 is 17.1. The second-order valence-electron chi connectivity index (χ2n) is 7.87. The number of nitrogens with two attached hydrogens (primary N) is 1. The second kappa shape index (κ2) is 13.0. The van der Waals surface area contributed by atoms with Crippen molar-refractivity contribution >= 4 is 23.4 Å². The summed E-state index contributed by atoms with van der Waals surface area (Å²) >= 11 is 0. The highest BCUT2D eigenvalue weighted by Gasteiger charge is 2.24. The third-order valence-electron chi connectivity index (χ3n) is 5.35. The molecule has 3 rings (SSSR count). The maximum atomic E-state index is 12.8. The maximum absolute atomic E-state index is 12.8. The summed E-state index contributed by atoms with van der Waals surface area (Å²) in [4.78, 5) is 53.2. The average Bonchev–Trinajstić information content (AvgIpc) is 2.89. The molecule has 37 heavy (non-hydrogen) atoms. The molecular formula is C26H30N4O7. The molecule has 11 heteroatoms. The van der Waals surface area contributed by atoms with Crippen LogP contribution in [0.3, 0.4) is 0 Å². The number of aromatic nitrogens is 2. The number of anilines is 2. The molecular weight excluding hydrogens is 480 g/mol. The maximum Gasteiger partial charge on any atom is 0.330 e. The Hall–Kier alpha value is -4.54. The van der Waals surface area contributed by atoms with Crippen LogP contribution in [-0.2, 0) is 20.9 Å². The highest BCUT2D eigenvalue weighted by molar-refractivity contribution is 5.97. The van der Waals surface area contributed by atoms with Crippen molar-refractivity contribution in [3.63, 3.8) is 0 Å². The van der Waals surface area contributed by atoms with Crippen molar-refractivity contribution in [3.05, 3.63) is 81.0 Å². The van der Waals surface area contributed by atoms with E-state index in [4.69, 9.17) is 19.9 Å². The lowest BCUT2D eigenvalue weighted by molar-refractivity contribution is -0.148. The van der Waals surface area contributed by atoms with Crippen LogP contribution in [0.25, 0.3) is 0 Å². The fourth-order valence-electron chi connectivity index (χ4n) is 3.56. The predicted molar refractivity (Wildman–Crippen MR) is 138 cm³/mol. The van der Waals surface area contributed by atoms with Gasteiger partial charge in [0.2, 0.25) is 0 Å². The Labute approximate surface area is 213 Å². The Bertz CT molecular complexity index is 1320. The van der Waals surface area contributed by atoms with Crippen molar-refractivity contribution in [1.82, 2.24) is 9.55 Å². The fraction of sp³-hybridized carbons (Fsp3) is 0.308. The first-order valence-corrected chi connectivity index (χ1v) is 11.8. The van der Waals surface area contributed by atoms with Gasteiger partial charge in [-0.2, -0.15) is 0 Å². The van der Waals surface area contributed by atoms with E-state index >= 15 is 0 Å². The Morgan fingerprint density at radius 2 is 1.62 bits per heavy atom. The summed E-state index contributed by atoms with van der Waals surface area (Å²) in [6, 6.07) is 16.0. The molecule has 1 amide bonds. The van der Waals surface area contributed by atoms with Gasteiger partial charge in [-0.1, -0.05) is 30.3 Å². The summed E-state index contributed by atoms with van der Waals surface area (Å²) in [5, 5.41) is 0. The van der Waals surface area contributed by atoms with Gasteiger partial charge in [-0.25, -0.2) is 4.79 Å². The SMILES string of the molecule is CCOc1ccc(OCCC(=O)OCC(=O)N(CC)c2c(N)n(Cc3ccccc3)c(=O)[nH]c2=O)cc1. The van der Waals surface area contributed by atoms with Crippen molar-refractivity contribution in [2.45, 2.75) is 26.8 Å². The van der Waals surface area contributed by atoms with Gasteiger partial charge in [-0.05, 0) is 43.7 Å². The Kier molecular flexibility index (Phi) is 9.48. The van der Waals surface area contributed by atoms with E-state index < -0.39 is 29.7 Å². The minimum absolute atomic E-state index is 0.0512. The van der Waals surface area contributed by atoms with Crippen molar-refractivity contribution in [3.8, 4) is 11.5 Å². The Morgan fingerprint density at radius 3 is 2.24 bits per heavy atom. The van der Waals surface area contributed by atoms with Gasteiger partial charge in [0.05, 0.1) is 26.2 Å². The average molecular weight is 511 g/mol. The quantitative estimate of drug-likeness (QED) is 0.352. The molecule has 0 atom stereocenters. The van der Waals surface area contributed by atoms with Gasteiger partial charge in [-0.3, -0.25) is 23.9 Å². The number of nitrogens with zero attached hydrogens (tertiary/aromatic N) is 2. The minimum atomic E-state index is -0.808. The number of benzene rings is 2. The molecule has 0 aliphatic heterocycles. The van der Waals surface area contributed by atoms with Crippen molar-refractivity contribution in [1.29, 1.82) is 0 Å². The molecule has 2 aromatic carbocycles. The number of nitrogen functional groups attached to an aromatic ring is 1. The third kappa shape index (κ3) is 7.23. The first-order chi connectivity index (χ1) is 17.8. The van der Waals surface area contributed by atoms with Crippen molar-refractivity contribution < 1.29 is 23.8 Å². The van der Waals surface area contributed by atoms with E-state index in [1.165, 1.54) is 4.57 Å². The Morgan fingerprint density at radius 1 is 0.973 bits per heavy atom. The fourth-order valence-corrected chi connectivity index (χ4v) is 3.56. The topological polar surface area (TPSA) is 146 Å². The number of carbonyl (C=O) groups excluding carboxylic acids is 2. The monoisotopic (exact) mass is 510 g/mol. The van der Waals surface area contributed by atoms with Crippen LogP contribution in [0.5, 0.6) is 11.5 Å². The summed E-state index contributed by atoms with van der Waals surface area (Å²) in [6.07, 6.45) is -0.0860. The van der Waals surface area contributed by atoms with E-state index in [-0.39, 0.29) is 37.6 Å². The van der Waals surface area contributed by atoms with Crippen LogP contribution in [0.1, 0.15) is 25.8 Å². The van der Waals surface area contributed by atoms with Crippen molar-refractivity contribution in [2.75, 3.05) is 37.0 Å². The molecule has 3 N–H and O–H groups in total. The number of ether oxygens (including phenoxy) is 3. The van der Waals surface area contributed by atoms with E-state index in [0.29, 0.717) is 18.1 Å². The van der Waals surface area contributed by atoms with Crippen LogP contribution >= 0.6 is 0 Å². The highest BCUT2D eigenvalue weighted by Crippen LogP contribution is 2.19. The number of amides is 1. The summed E-state index contributed by atoms with van der Waals surface area (Å²) in [7, 11) is 0. The van der Waals surface area contributed by atoms with Gasteiger partial charge in [0.1, 0.15) is 17.3 Å². The first-order valence-electron chi connectivity index (χ1n) is 11.8. The zero-order chi connectivity index (χ0) is 26.8. The van der Waals surface area contributed by atoms with E-state index in [0.717, 1.165) is 10.5 Å². The molecule has 3 aromatic rings. The lowest BCUT2D eigenvalue weighted by Crippen LogP contribution is -2.42. The van der Waals surface area contributed by atoms with Crippen LogP contribution in [0, 0.1) is 0 Å². The van der Waals surface area contributed by atoms with Gasteiger partial charge in [0, 0.05) is 6.54 Å². The molecule has 0 radical (unpaired) electrons. The normalized spacial score (nSPS) is 10.5. The smallest absolute Gasteiger partial charge is 0.330 e. The van der Waals surface area contributed by atoms with E-state index in [1.807, 2.05) is 25.1 Å². The van der Waals surface area contributed by atoms with Gasteiger partial charge in [0.15, 0.2) is 12.3 Å².